The monoisotopic (exact) mass is 314 g/mol. The molecule has 0 spiro atoms. The number of carbonyl (C=O) groups is 1. The molecule has 3 rings (SSSR count). The van der Waals surface area contributed by atoms with Gasteiger partial charge in [-0.3, -0.25) is 14.2 Å². The minimum atomic E-state index is -1.06. The number of thiophene rings is 1. The fourth-order valence-corrected chi connectivity index (χ4v) is 3.65. The lowest BCUT2D eigenvalue weighted by Crippen LogP contribution is -2.27. The normalized spacial score (nSPS) is 11.0. The first kappa shape index (κ1) is 14.5. The van der Waals surface area contributed by atoms with Gasteiger partial charge in [-0.1, -0.05) is 30.3 Å². The predicted molar refractivity (Wildman–Crippen MR) is 86.4 cm³/mol. The van der Waals surface area contributed by atoms with Gasteiger partial charge in [0.25, 0.3) is 5.56 Å². The molecule has 0 bridgehead atoms. The van der Waals surface area contributed by atoms with Crippen molar-refractivity contribution in [1.82, 2.24) is 9.55 Å². The Morgan fingerprint density at radius 3 is 2.59 bits per heavy atom. The van der Waals surface area contributed by atoms with Crippen molar-refractivity contribution < 1.29 is 9.90 Å². The Morgan fingerprint density at radius 2 is 1.95 bits per heavy atom. The van der Waals surface area contributed by atoms with Crippen LogP contribution in [0.5, 0.6) is 0 Å². The minimum Gasteiger partial charge on any atom is -0.480 e. The second-order valence-electron chi connectivity index (χ2n) is 5.02. The topological polar surface area (TPSA) is 72.2 Å². The minimum absolute atomic E-state index is 0.298. The van der Waals surface area contributed by atoms with E-state index in [0.717, 1.165) is 16.0 Å². The van der Waals surface area contributed by atoms with Crippen molar-refractivity contribution in [2.24, 2.45) is 0 Å². The summed E-state index contributed by atoms with van der Waals surface area (Å²) in [5.41, 5.74) is 1.49. The van der Waals surface area contributed by atoms with Gasteiger partial charge in [-0.05, 0) is 19.4 Å². The van der Waals surface area contributed by atoms with E-state index in [0.29, 0.717) is 16.0 Å². The number of aromatic nitrogens is 2. The van der Waals surface area contributed by atoms with Crippen molar-refractivity contribution in [2.45, 2.75) is 20.4 Å². The van der Waals surface area contributed by atoms with E-state index in [-0.39, 0.29) is 12.1 Å². The Labute approximate surface area is 130 Å². The molecule has 0 aliphatic carbocycles. The molecule has 0 fully saturated rings. The lowest BCUT2D eigenvalue weighted by molar-refractivity contribution is -0.137. The maximum absolute atomic E-state index is 12.8. The molecule has 0 aliphatic heterocycles. The number of hydrogen-bond acceptors (Lipinski definition) is 4. The van der Waals surface area contributed by atoms with Gasteiger partial charge in [-0.25, -0.2) is 4.98 Å². The molecule has 3 aromatic rings. The van der Waals surface area contributed by atoms with E-state index in [4.69, 9.17) is 5.11 Å². The van der Waals surface area contributed by atoms with Gasteiger partial charge in [0.1, 0.15) is 17.2 Å². The quantitative estimate of drug-likeness (QED) is 0.807. The molecular formula is C16H14N2O3S. The third kappa shape index (κ3) is 2.31. The summed E-state index contributed by atoms with van der Waals surface area (Å²) in [5, 5.41) is 9.50. The summed E-state index contributed by atoms with van der Waals surface area (Å²) in [5.74, 6) is -0.639. The molecule has 22 heavy (non-hydrogen) atoms. The zero-order valence-electron chi connectivity index (χ0n) is 12.2. The number of carboxylic acid groups (broad SMARTS) is 1. The lowest BCUT2D eigenvalue weighted by Gasteiger charge is -2.07. The Bertz CT molecular complexity index is 926. The molecule has 112 valence electrons. The summed E-state index contributed by atoms with van der Waals surface area (Å²) in [7, 11) is 0. The highest BCUT2D eigenvalue weighted by Gasteiger charge is 2.19. The number of benzene rings is 1. The van der Waals surface area contributed by atoms with Crippen LogP contribution in [0, 0.1) is 13.8 Å². The molecule has 0 unspecified atom stereocenters. The summed E-state index contributed by atoms with van der Waals surface area (Å²) in [6, 6.07) is 9.62. The summed E-state index contributed by atoms with van der Waals surface area (Å²) >= 11 is 1.46. The molecule has 6 heteroatoms. The van der Waals surface area contributed by atoms with Crippen molar-refractivity contribution in [3.05, 3.63) is 51.4 Å². The van der Waals surface area contributed by atoms with Gasteiger partial charge < -0.3 is 5.11 Å². The van der Waals surface area contributed by atoms with Crippen LogP contribution in [0.15, 0.2) is 35.1 Å². The third-order valence-corrected chi connectivity index (χ3v) is 4.53. The lowest BCUT2D eigenvalue weighted by atomic mass is 10.0. The Kier molecular flexibility index (Phi) is 3.54. The molecule has 2 heterocycles. The van der Waals surface area contributed by atoms with Crippen LogP contribution in [0.25, 0.3) is 21.3 Å². The molecular weight excluding hydrogens is 300 g/mol. The largest absolute Gasteiger partial charge is 0.480 e. The maximum Gasteiger partial charge on any atom is 0.323 e. The van der Waals surface area contributed by atoms with Gasteiger partial charge in [0, 0.05) is 10.4 Å². The summed E-state index contributed by atoms with van der Waals surface area (Å²) in [4.78, 5) is 29.8. The van der Waals surface area contributed by atoms with Gasteiger partial charge in [0.15, 0.2) is 0 Å². The van der Waals surface area contributed by atoms with Crippen LogP contribution in [0.3, 0.4) is 0 Å². The summed E-state index contributed by atoms with van der Waals surface area (Å²) in [6.45, 7) is 3.22. The van der Waals surface area contributed by atoms with Crippen LogP contribution in [0.2, 0.25) is 0 Å². The number of fused-ring (bicyclic) bond motifs is 1. The SMILES string of the molecule is Cc1sc2nc(C)n(CC(=O)O)c(=O)c2c1-c1ccccc1. The van der Waals surface area contributed by atoms with E-state index >= 15 is 0 Å². The second-order valence-corrected chi connectivity index (χ2v) is 6.23. The number of carboxylic acids is 1. The first-order valence-electron chi connectivity index (χ1n) is 6.76. The Hall–Kier alpha value is -2.47. The van der Waals surface area contributed by atoms with Crippen molar-refractivity contribution in [2.75, 3.05) is 0 Å². The number of nitrogens with zero attached hydrogens (tertiary/aromatic N) is 2. The van der Waals surface area contributed by atoms with Crippen LogP contribution in [0.1, 0.15) is 10.7 Å². The van der Waals surface area contributed by atoms with E-state index in [1.165, 1.54) is 15.9 Å². The van der Waals surface area contributed by atoms with Gasteiger partial charge in [-0.2, -0.15) is 0 Å². The standard InChI is InChI=1S/C16H14N2O3S/c1-9-13(11-6-4-3-5-7-11)14-15(22-9)17-10(2)18(16(14)21)8-12(19)20/h3-7H,8H2,1-2H3,(H,19,20). The van der Waals surface area contributed by atoms with E-state index in [1.54, 1.807) is 6.92 Å². The highest BCUT2D eigenvalue weighted by molar-refractivity contribution is 7.19. The number of rotatable bonds is 3. The molecule has 0 aliphatic rings. The molecule has 1 N–H and O–H groups in total. The van der Waals surface area contributed by atoms with Crippen molar-refractivity contribution in [1.29, 1.82) is 0 Å². The van der Waals surface area contributed by atoms with Gasteiger partial charge in [0.2, 0.25) is 0 Å². The molecule has 2 aromatic heterocycles. The predicted octanol–water partition coefficient (Wildman–Crippen LogP) is 2.83. The molecule has 0 saturated carbocycles. The number of hydrogen-bond donors (Lipinski definition) is 1. The molecule has 5 nitrogen and oxygen atoms in total. The Balaban J connectivity index is 2.37. The number of aliphatic carboxylic acids is 1. The zero-order chi connectivity index (χ0) is 15.9. The maximum atomic E-state index is 12.8. The first-order chi connectivity index (χ1) is 10.5. The van der Waals surface area contributed by atoms with Gasteiger partial charge in [0.05, 0.1) is 5.39 Å². The van der Waals surface area contributed by atoms with E-state index in [1.807, 2.05) is 37.3 Å². The highest BCUT2D eigenvalue weighted by atomic mass is 32.1. The van der Waals surface area contributed by atoms with Crippen molar-refractivity contribution >= 4 is 27.5 Å². The van der Waals surface area contributed by atoms with Gasteiger partial charge >= 0.3 is 5.97 Å². The van der Waals surface area contributed by atoms with Crippen molar-refractivity contribution in [3.8, 4) is 11.1 Å². The molecule has 0 saturated heterocycles. The average molecular weight is 314 g/mol. The fourth-order valence-electron chi connectivity index (χ4n) is 2.57. The summed E-state index contributed by atoms with van der Waals surface area (Å²) < 4.78 is 1.21. The first-order valence-corrected chi connectivity index (χ1v) is 7.58. The molecule has 0 atom stereocenters. The van der Waals surface area contributed by atoms with Crippen LogP contribution in [-0.4, -0.2) is 20.6 Å². The molecule has 0 radical (unpaired) electrons. The third-order valence-electron chi connectivity index (χ3n) is 3.53. The second kappa shape index (κ2) is 5.38. The summed E-state index contributed by atoms with van der Waals surface area (Å²) in [6.07, 6.45) is 0. The number of aryl methyl sites for hydroxylation is 2. The highest BCUT2D eigenvalue weighted by Crippen LogP contribution is 2.35. The smallest absolute Gasteiger partial charge is 0.323 e. The van der Waals surface area contributed by atoms with Gasteiger partial charge in [-0.15, -0.1) is 11.3 Å². The fraction of sp³-hybridized carbons (Fsp3) is 0.188. The Morgan fingerprint density at radius 1 is 1.27 bits per heavy atom. The van der Waals surface area contributed by atoms with Crippen LogP contribution < -0.4 is 5.56 Å². The van der Waals surface area contributed by atoms with Crippen LogP contribution >= 0.6 is 11.3 Å². The van der Waals surface area contributed by atoms with Crippen molar-refractivity contribution in [3.63, 3.8) is 0 Å². The van der Waals surface area contributed by atoms with E-state index in [9.17, 15) is 9.59 Å². The van der Waals surface area contributed by atoms with Crippen LogP contribution in [0.4, 0.5) is 0 Å². The molecule has 1 aromatic carbocycles. The average Bonchev–Trinajstić information content (AvgIpc) is 2.80. The molecule has 0 amide bonds. The van der Waals surface area contributed by atoms with E-state index in [2.05, 4.69) is 4.98 Å². The van der Waals surface area contributed by atoms with E-state index < -0.39 is 5.97 Å². The van der Waals surface area contributed by atoms with Crippen LogP contribution in [-0.2, 0) is 11.3 Å². The zero-order valence-corrected chi connectivity index (χ0v) is 13.0.